The van der Waals surface area contributed by atoms with Crippen LogP contribution in [-0.4, -0.2) is 45.7 Å². The number of hydrogen-bond donors (Lipinski definition) is 2. The van der Waals surface area contributed by atoms with Gasteiger partial charge in [-0.2, -0.15) is 0 Å². The second-order valence-corrected chi connectivity index (χ2v) is 7.56. The number of nitrogens with one attached hydrogen (secondary N) is 2. The predicted molar refractivity (Wildman–Crippen MR) is 115 cm³/mol. The van der Waals surface area contributed by atoms with Crippen molar-refractivity contribution < 1.29 is 14.4 Å². The Balaban J connectivity index is 1.53. The molecule has 150 valence electrons. The first kappa shape index (κ1) is 20.2. The average Bonchev–Trinajstić information content (AvgIpc) is 2.74. The normalized spacial score (nSPS) is 15.9. The minimum Gasteiger partial charge on any atom is -0.497 e. The molecular formula is C23H32N3O2+. The summed E-state index contributed by atoms with van der Waals surface area (Å²) in [5.74, 6) is 1.42. The number of carbonyl (C=O) groups is 1. The van der Waals surface area contributed by atoms with Crippen molar-refractivity contribution in [1.29, 1.82) is 0 Å². The maximum Gasteiger partial charge on any atom is 0.279 e. The fourth-order valence-electron chi connectivity index (χ4n) is 3.75. The molecule has 0 radical (unpaired) electrons. The number of methoxy groups -OCH3 is 1. The molecule has 1 saturated heterocycles. The molecule has 0 spiro atoms. The maximum atomic E-state index is 12.6. The van der Waals surface area contributed by atoms with Crippen LogP contribution in [0.4, 0.5) is 11.4 Å². The monoisotopic (exact) mass is 382 g/mol. The number of anilines is 2. The molecule has 2 N–H and O–H groups in total. The van der Waals surface area contributed by atoms with E-state index in [0.717, 1.165) is 44.0 Å². The molecular weight excluding hydrogens is 350 g/mol. The molecule has 2 aromatic rings. The fraction of sp³-hybridized carbons (Fsp3) is 0.435. The number of hydrogen-bond acceptors (Lipinski definition) is 3. The van der Waals surface area contributed by atoms with E-state index in [0.29, 0.717) is 12.5 Å². The Morgan fingerprint density at radius 2 is 1.93 bits per heavy atom. The molecule has 1 aliphatic heterocycles. The van der Waals surface area contributed by atoms with Crippen LogP contribution in [0.1, 0.15) is 31.7 Å². The van der Waals surface area contributed by atoms with Crippen LogP contribution in [-0.2, 0) is 4.79 Å². The van der Waals surface area contributed by atoms with E-state index in [1.807, 2.05) is 30.3 Å². The van der Waals surface area contributed by atoms with Gasteiger partial charge in [-0.1, -0.05) is 38.1 Å². The van der Waals surface area contributed by atoms with E-state index in [-0.39, 0.29) is 5.91 Å². The number of piperazine rings is 1. The van der Waals surface area contributed by atoms with E-state index < -0.39 is 0 Å². The molecule has 1 fully saturated rings. The van der Waals surface area contributed by atoms with Crippen molar-refractivity contribution in [2.75, 3.05) is 50.1 Å². The Hall–Kier alpha value is -2.53. The summed E-state index contributed by atoms with van der Waals surface area (Å²) in [5.41, 5.74) is 3.36. The predicted octanol–water partition coefficient (Wildman–Crippen LogP) is 2.55. The number of carbonyl (C=O) groups excluding carboxylic acids is 1. The molecule has 28 heavy (non-hydrogen) atoms. The highest BCUT2D eigenvalue weighted by Gasteiger charge is 2.23. The van der Waals surface area contributed by atoms with Gasteiger partial charge in [0.2, 0.25) is 0 Å². The molecule has 0 aromatic heterocycles. The molecule has 3 rings (SSSR count). The topological polar surface area (TPSA) is 46.0 Å². The lowest BCUT2D eigenvalue weighted by molar-refractivity contribution is -0.892. The highest BCUT2D eigenvalue weighted by molar-refractivity contribution is 5.92. The van der Waals surface area contributed by atoms with Crippen LogP contribution in [0, 0.1) is 0 Å². The fourth-order valence-corrected chi connectivity index (χ4v) is 3.75. The SMILES string of the molecule is CC[C@H](C)c1ccccc1NC(=O)C[NH+]1CCN(c2cccc(OC)c2)CC1. The zero-order valence-corrected chi connectivity index (χ0v) is 17.2. The second kappa shape index (κ2) is 9.60. The molecule has 1 heterocycles. The lowest BCUT2D eigenvalue weighted by Gasteiger charge is -2.33. The molecule has 0 bridgehead atoms. The van der Waals surface area contributed by atoms with E-state index in [1.54, 1.807) is 7.11 Å². The number of nitrogens with zero attached hydrogens (tertiary/aromatic N) is 1. The average molecular weight is 383 g/mol. The Morgan fingerprint density at radius 1 is 1.18 bits per heavy atom. The zero-order valence-electron chi connectivity index (χ0n) is 17.2. The van der Waals surface area contributed by atoms with Crippen molar-refractivity contribution >= 4 is 17.3 Å². The van der Waals surface area contributed by atoms with E-state index >= 15 is 0 Å². The summed E-state index contributed by atoms with van der Waals surface area (Å²) in [5, 5.41) is 3.14. The highest BCUT2D eigenvalue weighted by atomic mass is 16.5. The van der Waals surface area contributed by atoms with Crippen molar-refractivity contribution in [1.82, 2.24) is 0 Å². The minimum atomic E-state index is 0.0978. The van der Waals surface area contributed by atoms with Crippen molar-refractivity contribution in [3.63, 3.8) is 0 Å². The first-order valence-corrected chi connectivity index (χ1v) is 10.2. The molecule has 1 amide bonds. The molecule has 1 atom stereocenters. The summed E-state index contributed by atoms with van der Waals surface area (Å²) in [6.45, 7) is 8.69. The van der Waals surface area contributed by atoms with Crippen LogP contribution in [0.5, 0.6) is 5.75 Å². The maximum absolute atomic E-state index is 12.6. The first-order valence-electron chi connectivity index (χ1n) is 10.2. The smallest absolute Gasteiger partial charge is 0.279 e. The number of ether oxygens (including phenoxy) is 1. The van der Waals surface area contributed by atoms with Crippen LogP contribution in [0.25, 0.3) is 0 Å². The lowest BCUT2D eigenvalue weighted by Crippen LogP contribution is -3.15. The number of benzene rings is 2. The summed E-state index contributed by atoms with van der Waals surface area (Å²) in [6, 6.07) is 16.3. The quantitative estimate of drug-likeness (QED) is 0.774. The van der Waals surface area contributed by atoms with Crippen LogP contribution < -0.4 is 19.9 Å². The van der Waals surface area contributed by atoms with Gasteiger partial charge in [-0.25, -0.2) is 0 Å². The van der Waals surface area contributed by atoms with Crippen molar-refractivity contribution in [3.8, 4) is 5.75 Å². The Morgan fingerprint density at radius 3 is 2.64 bits per heavy atom. The minimum absolute atomic E-state index is 0.0978. The van der Waals surface area contributed by atoms with Gasteiger partial charge in [0.15, 0.2) is 6.54 Å². The van der Waals surface area contributed by atoms with Crippen LogP contribution >= 0.6 is 0 Å². The van der Waals surface area contributed by atoms with Gasteiger partial charge in [0.1, 0.15) is 5.75 Å². The molecule has 0 saturated carbocycles. The van der Waals surface area contributed by atoms with Gasteiger partial charge >= 0.3 is 0 Å². The van der Waals surface area contributed by atoms with Crippen LogP contribution in [0.3, 0.4) is 0 Å². The van der Waals surface area contributed by atoms with Gasteiger partial charge < -0.3 is 19.9 Å². The third kappa shape index (κ3) is 5.04. The molecule has 0 unspecified atom stereocenters. The van der Waals surface area contributed by atoms with Gasteiger partial charge in [-0.15, -0.1) is 0 Å². The van der Waals surface area contributed by atoms with E-state index in [9.17, 15) is 4.79 Å². The van der Waals surface area contributed by atoms with Gasteiger partial charge in [-0.05, 0) is 36.1 Å². The van der Waals surface area contributed by atoms with Gasteiger partial charge in [0.05, 0.1) is 33.3 Å². The van der Waals surface area contributed by atoms with Crippen LogP contribution in [0.2, 0.25) is 0 Å². The third-order valence-corrected chi connectivity index (χ3v) is 5.68. The molecule has 5 heteroatoms. The number of rotatable bonds is 7. The first-order chi connectivity index (χ1) is 13.6. The Labute approximate surface area is 168 Å². The number of quaternary nitrogens is 1. The molecule has 1 aliphatic rings. The third-order valence-electron chi connectivity index (χ3n) is 5.68. The summed E-state index contributed by atoms with van der Waals surface area (Å²) < 4.78 is 5.33. The van der Waals surface area contributed by atoms with Crippen molar-refractivity contribution in [2.24, 2.45) is 0 Å². The van der Waals surface area contributed by atoms with E-state index in [4.69, 9.17) is 4.74 Å². The molecule has 2 aromatic carbocycles. The second-order valence-electron chi connectivity index (χ2n) is 7.56. The molecule has 5 nitrogen and oxygen atoms in total. The summed E-state index contributed by atoms with van der Waals surface area (Å²) in [7, 11) is 1.69. The van der Waals surface area contributed by atoms with Crippen LogP contribution in [0.15, 0.2) is 48.5 Å². The van der Waals surface area contributed by atoms with E-state index in [1.165, 1.54) is 16.2 Å². The van der Waals surface area contributed by atoms with Crippen molar-refractivity contribution in [2.45, 2.75) is 26.2 Å². The summed E-state index contributed by atoms with van der Waals surface area (Å²) >= 11 is 0. The van der Waals surface area contributed by atoms with Gasteiger partial charge in [0.25, 0.3) is 5.91 Å². The van der Waals surface area contributed by atoms with Gasteiger partial charge in [0, 0.05) is 17.4 Å². The Bertz CT molecular complexity index is 785. The number of para-hydroxylation sites is 1. The Kier molecular flexibility index (Phi) is 6.93. The number of amides is 1. The largest absolute Gasteiger partial charge is 0.497 e. The van der Waals surface area contributed by atoms with E-state index in [2.05, 4.69) is 42.3 Å². The highest BCUT2D eigenvalue weighted by Crippen LogP contribution is 2.26. The zero-order chi connectivity index (χ0) is 19.9. The molecule has 0 aliphatic carbocycles. The standard InChI is InChI=1S/C23H31N3O2/c1-4-18(2)21-10-5-6-11-22(21)24-23(27)17-25-12-14-26(15-13-25)19-8-7-9-20(16-19)28-3/h5-11,16,18H,4,12-15,17H2,1-3H3,(H,24,27)/p+1/t18-/m0/s1. The van der Waals surface area contributed by atoms with Gasteiger partial charge in [-0.3, -0.25) is 4.79 Å². The summed E-state index contributed by atoms with van der Waals surface area (Å²) in [6.07, 6.45) is 1.06. The lowest BCUT2D eigenvalue weighted by atomic mass is 9.97. The van der Waals surface area contributed by atoms with Crippen molar-refractivity contribution in [3.05, 3.63) is 54.1 Å². The summed E-state index contributed by atoms with van der Waals surface area (Å²) in [4.78, 5) is 16.3.